The first-order chi connectivity index (χ1) is 19.2. The SMILES string of the molecule is Clc1nc(-c2ccc3c(c2)sc2ccccc23)nc(-c2ccc3c(c2)sc2cccc(-c4ccccc4)c23)n1. The molecule has 0 saturated carbocycles. The number of fused-ring (bicyclic) bond motifs is 6. The van der Waals surface area contributed by atoms with E-state index in [4.69, 9.17) is 16.6 Å². The summed E-state index contributed by atoms with van der Waals surface area (Å²) in [6.07, 6.45) is 0. The van der Waals surface area contributed by atoms with E-state index in [1.54, 1.807) is 22.7 Å². The Morgan fingerprint density at radius 2 is 1.08 bits per heavy atom. The van der Waals surface area contributed by atoms with E-state index in [1.807, 2.05) is 0 Å². The summed E-state index contributed by atoms with van der Waals surface area (Å²) in [5.74, 6) is 1.15. The van der Waals surface area contributed by atoms with Crippen LogP contribution in [0.25, 0.3) is 74.2 Å². The number of hydrogen-bond acceptors (Lipinski definition) is 5. The van der Waals surface area contributed by atoms with Gasteiger partial charge in [-0.25, -0.2) is 4.98 Å². The van der Waals surface area contributed by atoms with Gasteiger partial charge in [-0.2, -0.15) is 9.97 Å². The Labute approximate surface area is 237 Å². The third kappa shape index (κ3) is 3.81. The number of nitrogens with zero attached hydrogens (tertiary/aromatic N) is 3. The molecule has 39 heavy (non-hydrogen) atoms. The fourth-order valence-corrected chi connectivity index (χ4v) is 7.77. The first-order valence-corrected chi connectivity index (χ1v) is 14.6. The molecule has 0 fully saturated rings. The van der Waals surface area contributed by atoms with Crippen molar-refractivity contribution < 1.29 is 0 Å². The van der Waals surface area contributed by atoms with Gasteiger partial charge in [-0.1, -0.05) is 84.9 Å². The highest BCUT2D eigenvalue weighted by Gasteiger charge is 2.15. The molecule has 0 radical (unpaired) electrons. The van der Waals surface area contributed by atoms with Crippen molar-refractivity contribution in [2.75, 3.05) is 0 Å². The molecule has 0 amide bonds. The van der Waals surface area contributed by atoms with Crippen molar-refractivity contribution in [2.45, 2.75) is 0 Å². The van der Waals surface area contributed by atoms with Crippen molar-refractivity contribution in [1.82, 2.24) is 15.0 Å². The summed E-state index contributed by atoms with van der Waals surface area (Å²) in [5.41, 5.74) is 4.31. The van der Waals surface area contributed by atoms with Gasteiger partial charge in [0.2, 0.25) is 5.28 Å². The van der Waals surface area contributed by atoms with Crippen LogP contribution in [0.15, 0.2) is 109 Å². The quantitative estimate of drug-likeness (QED) is 0.217. The van der Waals surface area contributed by atoms with Crippen molar-refractivity contribution in [2.24, 2.45) is 0 Å². The molecule has 0 aliphatic heterocycles. The van der Waals surface area contributed by atoms with E-state index < -0.39 is 0 Å². The number of halogens is 1. The lowest BCUT2D eigenvalue weighted by atomic mass is 9.99. The summed E-state index contributed by atoms with van der Waals surface area (Å²) in [7, 11) is 0. The van der Waals surface area contributed by atoms with Crippen molar-refractivity contribution in [3.63, 3.8) is 0 Å². The number of rotatable bonds is 3. The molecule has 0 N–H and O–H groups in total. The van der Waals surface area contributed by atoms with Crippen LogP contribution in [0.5, 0.6) is 0 Å². The summed E-state index contributed by atoms with van der Waals surface area (Å²) in [6, 6.07) is 38.3. The molecular formula is C33H18ClN3S2. The molecule has 184 valence electrons. The minimum atomic E-state index is 0.189. The highest BCUT2D eigenvalue weighted by molar-refractivity contribution is 7.26. The smallest absolute Gasteiger partial charge is 0.208 e. The van der Waals surface area contributed by atoms with Gasteiger partial charge in [-0.3, -0.25) is 0 Å². The molecule has 0 unspecified atom stereocenters. The molecule has 3 nitrogen and oxygen atoms in total. The summed E-state index contributed by atoms with van der Waals surface area (Å²) < 4.78 is 4.92. The Morgan fingerprint density at radius 1 is 0.462 bits per heavy atom. The van der Waals surface area contributed by atoms with Gasteiger partial charge < -0.3 is 0 Å². The monoisotopic (exact) mass is 555 g/mol. The van der Waals surface area contributed by atoms with E-state index >= 15 is 0 Å². The molecule has 8 rings (SSSR count). The maximum absolute atomic E-state index is 6.45. The Kier molecular flexibility index (Phi) is 5.23. The Balaban J connectivity index is 1.25. The van der Waals surface area contributed by atoms with Gasteiger partial charge in [0.05, 0.1) is 0 Å². The molecule has 5 aromatic carbocycles. The summed E-state index contributed by atoms with van der Waals surface area (Å²) in [5, 5.41) is 5.21. The molecule has 0 atom stereocenters. The van der Waals surface area contributed by atoms with E-state index in [1.165, 1.54) is 51.5 Å². The maximum atomic E-state index is 6.45. The Hall–Kier alpha value is -4.16. The van der Waals surface area contributed by atoms with Crippen LogP contribution < -0.4 is 0 Å². The van der Waals surface area contributed by atoms with Gasteiger partial charge in [-0.05, 0) is 47.0 Å². The third-order valence-electron chi connectivity index (χ3n) is 7.09. The largest absolute Gasteiger partial charge is 0.226 e. The van der Waals surface area contributed by atoms with Crippen LogP contribution >= 0.6 is 34.3 Å². The highest BCUT2D eigenvalue weighted by Crippen LogP contribution is 2.41. The second-order valence-corrected chi connectivity index (χ2v) is 11.9. The van der Waals surface area contributed by atoms with Crippen LogP contribution in [0, 0.1) is 0 Å². The highest BCUT2D eigenvalue weighted by atomic mass is 35.5. The zero-order valence-corrected chi connectivity index (χ0v) is 22.8. The molecule has 0 spiro atoms. The predicted octanol–water partition coefficient (Wildman–Crippen LogP) is 10.3. The van der Waals surface area contributed by atoms with Gasteiger partial charge in [0, 0.05) is 51.5 Å². The molecule has 0 bridgehead atoms. The van der Waals surface area contributed by atoms with Crippen LogP contribution in [0.1, 0.15) is 0 Å². The van der Waals surface area contributed by atoms with Gasteiger partial charge in [0.1, 0.15) is 0 Å². The standard InChI is InChI=1S/C33H18ClN3S2/c34-33-36-31(20-13-15-24-23-9-4-5-11-26(23)38-28(24)17-20)35-32(37-33)21-14-16-25-29(18-21)39-27-12-6-10-22(30(25)27)19-7-2-1-3-8-19/h1-18H. The average Bonchev–Trinajstić information content (AvgIpc) is 3.54. The second kappa shape index (κ2) is 8.95. The van der Waals surface area contributed by atoms with Crippen LogP contribution in [0.2, 0.25) is 5.28 Å². The predicted molar refractivity (Wildman–Crippen MR) is 167 cm³/mol. The van der Waals surface area contributed by atoms with Crippen LogP contribution in [0.4, 0.5) is 0 Å². The minimum Gasteiger partial charge on any atom is -0.208 e. The molecular weight excluding hydrogens is 538 g/mol. The summed E-state index contributed by atoms with van der Waals surface area (Å²) in [6.45, 7) is 0. The number of hydrogen-bond donors (Lipinski definition) is 0. The lowest BCUT2D eigenvalue weighted by Crippen LogP contribution is -1.97. The van der Waals surface area contributed by atoms with E-state index in [2.05, 4.69) is 119 Å². The van der Waals surface area contributed by atoms with Crippen molar-refractivity contribution in [1.29, 1.82) is 0 Å². The van der Waals surface area contributed by atoms with Crippen LogP contribution in [-0.4, -0.2) is 15.0 Å². The summed E-state index contributed by atoms with van der Waals surface area (Å²) >= 11 is 10.0. The molecule has 3 heterocycles. The zero-order valence-electron chi connectivity index (χ0n) is 20.4. The third-order valence-corrected chi connectivity index (χ3v) is 9.51. The second-order valence-electron chi connectivity index (χ2n) is 9.42. The summed E-state index contributed by atoms with van der Waals surface area (Å²) in [4.78, 5) is 13.8. The topological polar surface area (TPSA) is 38.7 Å². The lowest BCUT2D eigenvalue weighted by molar-refractivity contribution is 1.07. The fraction of sp³-hybridized carbons (Fsp3) is 0. The minimum absolute atomic E-state index is 0.189. The van der Waals surface area contributed by atoms with Crippen LogP contribution in [0.3, 0.4) is 0 Å². The first-order valence-electron chi connectivity index (χ1n) is 12.6. The normalized spacial score (nSPS) is 11.7. The van der Waals surface area contributed by atoms with E-state index in [-0.39, 0.29) is 5.28 Å². The van der Waals surface area contributed by atoms with Crippen LogP contribution in [-0.2, 0) is 0 Å². The van der Waals surface area contributed by atoms with Crippen molar-refractivity contribution in [3.05, 3.63) is 114 Å². The number of aromatic nitrogens is 3. The molecule has 8 aromatic rings. The Bertz CT molecular complexity index is 2200. The van der Waals surface area contributed by atoms with E-state index in [0.29, 0.717) is 11.6 Å². The van der Waals surface area contributed by atoms with Gasteiger partial charge in [-0.15, -0.1) is 22.7 Å². The van der Waals surface area contributed by atoms with E-state index in [0.717, 1.165) is 11.1 Å². The van der Waals surface area contributed by atoms with E-state index in [9.17, 15) is 0 Å². The lowest BCUT2D eigenvalue weighted by Gasteiger charge is -2.06. The zero-order chi connectivity index (χ0) is 25.9. The number of benzene rings is 5. The van der Waals surface area contributed by atoms with Gasteiger partial charge in [0.15, 0.2) is 11.6 Å². The average molecular weight is 556 g/mol. The van der Waals surface area contributed by atoms with Gasteiger partial charge >= 0.3 is 0 Å². The first kappa shape index (κ1) is 22.8. The molecule has 0 aliphatic carbocycles. The molecule has 0 aliphatic rings. The molecule has 6 heteroatoms. The maximum Gasteiger partial charge on any atom is 0.226 e. The fourth-order valence-electron chi connectivity index (χ4n) is 5.30. The van der Waals surface area contributed by atoms with Crippen molar-refractivity contribution in [3.8, 4) is 33.9 Å². The molecule has 3 aromatic heterocycles. The Morgan fingerprint density at radius 3 is 1.87 bits per heavy atom. The number of thiophene rings is 2. The van der Waals surface area contributed by atoms with Gasteiger partial charge in [0.25, 0.3) is 0 Å². The molecule has 0 saturated heterocycles. The van der Waals surface area contributed by atoms with Crippen molar-refractivity contribution >= 4 is 74.6 Å².